The maximum atomic E-state index is 2.74. The largest absolute Gasteiger partial charge is 0.300 e. The third-order valence-electron chi connectivity index (χ3n) is 4.36. The molecule has 1 heterocycles. The van der Waals surface area contributed by atoms with Gasteiger partial charge in [0.25, 0.3) is 0 Å². The van der Waals surface area contributed by atoms with E-state index in [9.17, 15) is 0 Å². The lowest BCUT2D eigenvalue weighted by molar-refractivity contribution is 0.224. The van der Waals surface area contributed by atoms with Crippen molar-refractivity contribution >= 4 is 0 Å². The summed E-state index contributed by atoms with van der Waals surface area (Å²) in [6.45, 7) is 4.94. The summed E-state index contributed by atoms with van der Waals surface area (Å²) < 4.78 is 0. The van der Waals surface area contributed by atoms with E-state index in [-0.39, 0.29) is 0 Å². The second-order valence-electron chi connectivity index (χ2n) is 5.94. The van der Waals surface area contributed by atoms with Gasteiger partial charge in [-0.2, -0.15) is 0 Å². The highest BCUT2D eigenvalue weighted by atomic mass is 15.2. The van der Waals surface area contributed by atoms with Crippen LogP contribution in [0.5, 0.6) is 0 Å². The van der Waals surface area contributed by atoms with Crippen molar-refractivity contribution < 1.29 is 0 Å². The van der Waals surface area contributed by atoms with Gasteiger partial charge in [-0.1, -0.05) is 62.9 Å². The number of likely N-dealkylation sites (tertiary alicyclic amines) is 1. The zero-order valence-corrected chi connectivity index (χ0v) is 12.5. The van der Waals surface area contributed by atoms with Gasteiger partial charge in [-0.3, -0.25) is 0 Å². The topological polar surface area (TPSA) is 3.24 Å². The Hall–Kier alpha value is -0.820. The Labute approximate surface area is 119 Å². The van der Waals surface area contributed by atoms with Gasteiger partial charge in [-0.25, -0.2) is 0 Å². The van der Waals surface area contributed by atoms with Gasteiger partial charge < -0.3 is 4.90 Å². The summed E-state index contributed by atoms with van der Waals surface area (Å²) in [7, 11) is 0. The lowest BCUT2D eigenvalue weighted by Crippen LogP contribution is -2.34. The normalized spacial score (nSPS) is 17.7. The predicted molar refractivity (Wildman–Crippen MR) is 83.5 cm³/mol. The molecule has 0 amide bonds. The first-order valence-corrected chi connectivity index (χ1v) is 8.18. The highest BCUT2D eigenvalue weighted by Gasteiger charge is 2.21. The second kappa shape index (κ2) is 8.37. The molecule has 1 saturated heterocycles. The summed E-state index contributed by atoms with van der Waals surface area (Å²) >= 11 is 0. The molecule has 1 fully saturated rings. The third-order valence-corrected chi connectivity index (χ3v) is 4.36. The number of unbranched alkanes of at least 4 members (excludes halogenated alkanes) is 3. The van der Waals surface area contributed by atoms with E-state index in [0.29, 0.717) is 0 Å². The van der Waals surface area contributed by atoms with Crippen LogP contribution in [0, 0.1) is 0 Å². The molecule has 0 bridgehead atoms. The van der Waals surface area contributed by atoms with Crippen LogP contribution in [-0.2, 0) is 6.42 Å². The highest BCUT2D eigenvalue weighted by molar-refractivity contribution is 5.16. The molecular formula is C18H29N. The molecule has 106 valence electrons. The molecule has 1 aliphatic rings. The van der Waals surface area contributed by atoms with Gasteiger partial charge in [0, 0.05) is 6.04 Å². The van der Waals surface area contributed by atoms with E-state index in [1.54, 1.807) is 0 Å². The minimum absolute atomic E-state index is 0.779. The summed E-state index contributed by atoms with van der Waals surface area (Å²) in [5, 5.41) is 0. The molecule has 19 heavy (non-hydrogen) atoms. The molecule has 1 unspecified atom stereocenters. The summed E-state index contributed by atoms with van der Waals surface area (Å²) in [5.41, 5.74) is 1.51. The zero-order valence-electron chi connectivity index (χ0n) is 12.5. The molecule has 1 nitrogen and oxygen atoms in total. The Kier molecular flexibility index (Phi) is 6.43. The van der Waals surface area contributed by atoms with Crippen molar-refractivity contribution in [2.24, 2.45) is 0 Å². The van der Waals surface area contributed by atoms with E-state index in [4.69, 9.17) is 0 Å². The molecular weight excluding hydrogens is 230 g/mol. The third kappa shape index (κ3) is 4.99. The molecule has 0 aromatic heterocycles. The molecule has 0 radical (unpaired) electrons. The quantitative estimate of drug-likeness (QED) is 0.614. The van der Waals surface area contributed by atoms with E-state index < -0.39 is 0 Å². The minimum atomic E-state index is 0.779. The lowest BCUT2D eigenvalue weighted by atomic mass is 9.99. The van der Waals surface area contributed by atoms with Gasteiger partial charge in [0.05, 0.1) is 0 Å². The molecule has 1 heteroatoms. The predicted octanol–water partition coefficient (Wildman–Crippen LogP) is 4.66. The highest BCUT2D eigenvalue weighted by Crippen LogP contribution is 2.20. The number of hydrogen-bond donors (Lipinski definition) is 0. The summed E-state index contributed by atoms with van der Waals surface area (Å²) in [6, 6.07) is 11.8. The van der Waals surface area contributed by atoms with Crippen LogP contribution >= 0.6 is 0 Å². The maximum absolute atomic E-state index is 2.74. The van der Waals surface area contributed by atoms with E-state index in [1.165, 1.54) is 70.0 Å². The molecule has 0 saturated carbocycles. The number of rotatable bonds is 8. The van der Waals surface area contributed by atoms with Crippen LogP contribution in [0.2, 0.25) is 0 Å². The van der Waals surface area contributed by atoms with Crippen LogP contribution in [0.15, 0.2) is 30.3 Å². The molecule has 1 atom stereocenters. The Morgan fingerprint density at radius 3 is 2.42 bits per heavy atom. The van der Waals surface area contributed by atoms with Crippen molar-refractivity contribution in [3.8, 4) is 0 Å². The van der Waals surface area contributed by atoms with E-state index >= 15 is 0 Å². The molecule has 0 spiro atoms. The van der Waals surface area contributed by atoms with Gasteiger partial charge in [-0.05, 0) is 44.3 Å². The molecule has 1 aliphatic heterocycles. The van der Waals surface area contributed by atoms with Crippen LogP contribution in [0.25, 0.3) is 0 Å². The lowest BCUT2D eigenvalue weighted by Gasteiger charge is -2.27. The molecule has 1 aromatic carbocycles. The zero-order chi connectivity index (χ0) is 13.3. The van der Waals surface area contributed by atoms with Crippen molar-refractivity contribution in [1.82, 2.24) is 4.90 Å². The average Bonchev–Trinajstić information content (AvgIpc) is 2.97. The molecule has 0 aliphatic carbocycles. The Morgan fingerprint density at radius 2 is 1.74 bits per heavy atom. The monoisotopic (exact) mass is 259 g/mol. The maximum Gasteiger partial charge on any atom is 0.0136 e. The van der Waals surface area contributed by atoms with Gasteiger partial charge in [0.15, 0.2) is 0 Å². The van der Waals surface area contributed by atoms with Crippen molar-refractivity contribution in [2.75, 3.05) is 13.1 Å². The van der Waals surface area contributed by atoms with Crippen LogP contribution in [-0.4, -0.2) is 24.0 Å². The Balaban J connectivity index is 1.86. The van der Waals surface area contributed by atoms with Crippen LogP contribution in [0.4, 0.5) is 0 Å². The van der Waals surface area contributed by atoms with Crippen molar-refractivity contribution in [3.05, 3.63) is 35.9 Å². The van der Waals surface area contributed by atoms with Crippen LogP contribution in [0.3, 0.4) is 0 Å². The first-order valence-electron chi connectivity index (χ1n) is 8.18. The van der Waals surface area contributed by atoms with Crippen molar-refractivity contribution in [2.45, 2.75) is 64.3 Å². The van der Waals surface area contributed by atoms with Crippen LogP contribution < -0.4 is 0 Å². The number of nitrogens with zero attached hydrogens (tertiary/aromatic N) is 1. The Bertz CT molecular complexity index is 327. The fourth-order valence-corrected chi connectivity index (χ4v) is 3.21. The average molecular weight is 259 g/mol. The van der Waals surface area contributed by atoms with Gasteiger partial charge in [0.2, 0.25) is 0 Å². The smallest absolute Gasteiger partial charge is 0.0136 e. The van der Waals surface area contributed by atoms with Gasteiger partial charge >= 0.3 is 0 Å². The van der Waals surface area contributed by atoms with E-state index in [2.05, 4.69) is 42.2 Å². The van der Waals surface area contributed by atoms with Crippen LogP contribution in [0.1, 0.15) is 57.4 Å². The fourth-order valence-electron chi connectivity index (χ4n) is 3.21. The van der Waals surface area contributed by atoms with E-state index in [1.807, 2.05) is 0 Å². The Morgan fingerprint density at radius 1 is 1.00 bits per heavy atom. The first kappa shape index (κ1) is 14.6. The fraction of sp³-hybridized carbons (Fsp3) is 0.667. The SMILES string of the molecule is CCCCCCC(Cc1ccccc1)N1CCCC1. The van der Waals surface area contributed by atoms with E-state index in [0.717, 1.165) is 6.04 Å². The van der Waals surface area contributed by atoms with Crippen molar-refractivity contribution in [1.29, 1.82) is 0 Å². The second-order valence-corrected chi connectivity index (χ2v) is 5.94. The summed E-state index contributed by atoms with van der Waals surface area (Å²) in [5.74, 6) is 0. The van der Waals surface area contributed by atoms with Crippen molar-refractivity contribution in [3.63, 3.8) is 0 Å². The summed E-state index contributed by atoms with van der Waals surface area (Å²) in [4.78, 5) is 2.74. The first-order chi connectivity index (χ1) is 9.40. The standard InChI is InChI=1S/C18H29N/c1-2-3-4-8-13-18(19-14-9-10-15-19)16-17-11-6-5-7-12-17/h5-7,11-12,18H,2-4,8-10,13-16H2,1H3. The minimum Gasteiger partial charge on any atom is -0.300 e. The number of benzene rings is 1. The molecule has 1 aromatic rings. The molecule has 0 N–H and O–H groups in total. The summed E-state index contributed by atoms with van der Waals surface area (Å²) in [6.07, 6.45) is 11.0. The van der Waals surface area contributed by atoms with Gasteiger partial charge in [0.1, 0.15) is 0 Å². The molecule has 2 rings (SSSR count). The number of hydrogen-bond acceptors (Lipinski definition) is 1. The van der Waals surface area contributed by atoms with Gasteiger partial charge in [-0.15, -0.1) is 0 Å².